The zero-order chi connectivity index (χ0) is 14.8. The zero-order valence-corrected chi connectivity index (χ0v) is 13.9. The smallest absolute Gasteiger partial charge is 0.350 e. The SMILES string of the molecule is CCC1(CNc2sc(C(=O)OC)c(N)c2SC)CCC1. The average Bonchev–Trinajstić information content (AvgIpc) is 2.73. The number of nitrogens with two attached hydrogens (primary N) is 1. The summed E-state index contributed by atoms with van der Waals surface area (Å²) in [5.74, 6) is -0.357. The van der Waals surface area contributed by atoms with Crippen LogP contribution in [-0.4, -0.2) is 25.9 Å². The Hall–Kier alpha value is -0.880. The number of thioether (sulfide) groups is 1. The van der Waals surface area contributed by atoms with Crippen molar-refractivity contribution in [2.75, 3.05) is 31.0 Å². The van der Waals surface area contributed by atoms with Gasteiger partial charge in [-0.3, -0.25) is 0 Å². The summed E-state index contributed by atoms with van der Waals surface area (Å²) in [6.45, 7) is 3.20. The van der Waals surface area contributed by atoms with Crippen molar-refractivity contribution in [1.29, 1.82) is 0 Å². The van der Waals surface area contributed by atoms with E-state index in [2.05, 4.69) is 12.2 Å². The van der Waals surface area contributed by atoms with Crippen molar-refractivity contribution in [2.45, 2.75) is 37.5 Å². The lowest BCUT2D eigenvalue weighted by atomic mass is 9.67. The lowest BCUT2D eigenvalue weighted by Crippen LogP contribution is -2.35. The number of carbonyl (C=O) groups is 1. The molecule has 20 heavy (non-hydrogen) atoms. The van der Waals surface area contributed by atoms with Crippen LogP contribution in [0.5, 0.6) is 0 Å². The van der Waals surface area contributed by atoms with Crippen LogP contribution in [0.3, 0.4) is 0 Å². The molecule has 0 aliphatic heterocycles. The first kappa shape index (κ1) is 15.5. The summed E-state index contributed by atoms with van der Waals surface area (Å²) in [6, 6.07) is 0. The maximum atomic E-state index is 11.7. The van der Waals surface area contributed by atoms with Crippen LogP contribution in [0.15, 0.2) is 4.90 Å². The van der Waals surface area contributed by atoms with Crippen molar-refractivity contribution in [2.24, 2.45) is 5.41 Å². The highest BCUT2D eigenvalue weighted by molar-refractivity contribution is 7.99. The molecule has 0 amide bonds. The summed E-state index contributed by atoms with van der Waals surface area (Å²) in [6.07, 6.45) is 7.07. The predicted molar refractivity (Wildman–Crippen MR) is 86.9 cm³/mol. The van der Waals surface area contributed by atoms with Gasteiger partial charge < -0.3 is 15.8 Å². The largest absolute Gasteiger partial charge is 0.465 e. The first-order valence-corrected chi connectivity index (χ1v) is 8.89. The molecule has 2 rings (SSSR count). The molecule has 4 nitrogen and oxygen atoms in total. The zero-order valence-electron chi connectivity index (χ0n) is 12.2. The highest BCUT2D eigenvalue weighted by Crippen LogP contribution is 2.46. The van der Waals surface area contributed by atoms with Crippen LogP contribution < -0.4 is 11.1 Å². The van der Waals surface area contributed by atoms with Crippen LogP contribution in [-0.2, 0) is 4.74 Å². The molecule has 1 aromatic heterocycles. The van der Waals surface area contributed by atoms with Crippen LogP contribution in [0.1, 0.15) is 42.3 Å². The summed E-state index contributed by atoms with van der Waals surface area (Å²) < 4.78 is 4.78. The Morgan fingerprint density at radius 1 is 1.55 bits per heavy atom. The number of hydrogen-bond acceptors (Lipinski definition) is 6. The lowest BCUT2D eigenvalue weighted by molar-refractivity contribution is 0.0607. The molecule has 1 heterocycles. The van der Waals surface area contributed by atoms with Gasteiger partial charge in [-0.1, -0.05) is 13.3 Å². The van der Waals surface area contributed by atoms with Crippen LogP contribution in [0.4, 0.5) is 10.7 Å². The fraction of sp³-hybridized carbons (Fsp3) is 0.643. The van der Waals surface area contributed by atoms with Crippen molar-refractivity contribution in [1.82, 2.24) is 0 Å². The standard InChI is InChI=1S/C14H22N2O2S2/c1-4-14(6-5-7-14)8-16-12-10(19-3)9(15)11(20-12)13(17)18-2/h16H,4-8,15H2,1-3H3. The van der Waals surface area contributed by atoms with E-state index in [1.165, 1.54) is 44.1 Å². The van der Waals surface area contributed by atoms with Crippen molar-refractivity contribution in [3.8, 4) is 0 Å². The van der Waals surface area contributed by atoms with Crippen LogP contribution >= 0.6 is 23.1 Å². The van der Waals surface area contributed by atoms with Gasteiger partial charge in [-0.05, 0) is 30.9 Å². The van der Waals surface area contributed by atoms with Gasteiger partial charge in [-0.25, -0.2) is 4.79 Å². The Bertz CT molecular complexity index is 490. The van der Waals surface area contributed by atoms with Crippen molar-refractivity contribution in [3.63, 3.8) is 0 Å². The van der Waals surface area contributed by atoms with E-state index in [1.54, 1.807) is 11.8 Å². The topological polar surface area (TPSA) is 64.3 Å². The summed E-state index contributed by atoms with van der Waals surface area (Å²) in [4.78, 5) is 13.2. The number of thiophene rings is 1. The van der Waals surface area contributed by atoms with Gasteiger partial charge in [0, 0.05) is 6.54 Å². The van der Waals surface area contributed by atoms with E-state index in [0.29, 0.717) is 16.0 Å². The molecule has 0 saturated heterocycles. The molecular weight excluding hydrogens is 292 g/mol. The number of anilines is 2. The highest BCUT2D eigenvalue weighted by atomic mass is 32.2. The number of hydrogen-bond donors (Lipinski definition) is 2. The Morgan fingerprint density at radius 2 is 2.25 bits per heavy atom. The van der Waals surface area contributed by atoms with E-state index in [4.69, 9.17) is 10.5 Å². The molecule has 0 atom stereocenters. The molecule has 1 fully saturated rings. The molecule has 0 radical (unpaired) electrons. The minimum atomic E-state index is -0.357. The highest BCUT2D eigenvalue weighted by Gasteiger charge is 2.35. The molecule has 0 unspecified atom stereocenters. The number of rotatable bonds is 6. The number of esters is 1. The van der Waals surface area contributed by atoms with Gasteiger partial charge in [0.15, 0.2) is 0 Å². The molecule has 1 aliphatic rings. The Morgan fingerprint density at radius 3 is 2.70 bits per heavy atom. The fourth-order valence-corrected chi connectivity index (χ4v) is 4.54. The molecule has 0 spiro atoms. The molecule has 1 aliphatic carbocycles. The summed E-state index contributed by atoms with van der Waals surface area (Å²) in [5, 5.41) is 4.50. The lowest BCUT2D eigenvalue weighted by Gasteiger charge is -2.41. The minimum Gasteiger partial charge on any atom is -0.465 e. The number of methoxy groups -OCH3 is 1. The minimum absolute atomic E-state index is 0.357. The van der Waals surface area contributed by atoms with E-state index < -0.39 is 0 Å². The summed E-state index contributed by atoms with van der Waals surface area (Å²) in [7, 11) is 1.38. The summed E-state index contributed by atoms with van der Waals surface area (Å²) in [5.41, 5.74) is 7.03. The second-order valence-corrected chi connectivity index (χ2v) is 7.10. The van der Waals surface area contributed by atoms with Gasteiger partial charge in [0.1, 0.15) is 9.88 Å². The monoisotopic (exact) mass is 314 g/mol. The van der Waals surface area contributed by atoms with Gasteiger partial charge in [-0.2, -0.15) is 0 Å². The predicted octanol–water partition coefficient (Wildman–Crippen LogP) is 3.83. The number of ether oxygens (including phenoxy) is 1. The van der Waals surface area contributed by atoms with E-state index >= 15 is 0 Å². The number of nitrogens with one attached hydrogen (secondary N) is 1. The van der Waals surface area contributed by atoms with E-state index in [0.717, 1.165) is 16.4 Å². The molecule has 0 bridgehead atoms. The number of carbonyl (C=O) groups excluding carboxylic acids is 1. The van der Waals surface area contributed by atoms with E-state index in [1.807, 2.05) is 6.26 Å². The molecule has 0 aromatic carbocycles. The maximum Gasteiger partial charge on any atom is 0.350 e. The van der Waals surface area contributed by atoms with Crippen LogP contribution in [0.25, 0.3) is 0 Å². The van der Waals surface area contributed by atoms with Crippen LogP contribution in [0.2, 0.25) is 0 Å². The van der Waals surface area contributed by atoms with Crippen LogP contribution in [0, 0.1) is 5.41 Å². The molecule has 1 aromatic rings. The van der Waals surface area contributed by atoms with Gasteiger partial charge in [0.2, 0.25) is 0 Å². The van der Waals surface area contributed by atoms with Gasteiger partial charge >= 0.3 is 5.97 Å². The molecule has 1 saturated carbocycles. The van der Waals surface area contributed by atoms with E-state index in [-0.39, 0.29) is 5.97 Å². The van der Waals surface area contributed by atoms with E-state index in [9.17, 15) is 4.79 Å². The van der Waals surface area contributed by atoms with Crippen molar-refractivity contribution >= 4 is 39.8 Å². The van der Waals surface area contributed by atoms with Gasteiger partial charge in [-0.15, -0.1) is 23.1 Å². The van der Waals surface area contributed by atoms with Crippen molar-refractivity contribution < 1.29 is 9.53 Å². The Kier molecular flexibility index (Phi) is 4.86. The maximum absolute atomic E-state index is 11.7. The third-order valence-corrected chi connectivity index (χ3v) is 6.37. The number of nitrogen functional groups attached to an aromatic ring is 1. The Labute approximate surface area is 128 Å². The molecule has 3 N–H and O–H groups in total. The van der Waals surface area contributed by atoms with Gasteiger partial charge in [0.05, 0.1) is 17.7 Å². The molecule has 6 heteroatoms. The van der Waals surface area contributed by atoms with Crippen molar-refractivity contribution in [3.05, 3.63) is 4.88 Å². The first-order valence-electron chi connectivity index (χ1n) is 6.85. The fourth-order valence-electron chi connectivity index (χ4n) is 2.59. The molecular formula is C14H22N2O2S2. The third-order valence-electron chi connectivity index (χ3n) is 4.26. The van der Waals surface area contributed by atoms with Gasteiger partial charge in [0.25, 0.3) is 0 Å². The second kappa shape index (κ2) is 6.26. The normalized spacial score (nSPS) is 16.6. The molecule has 112 valence electrons. The second-order valence-electron chi connectivity index (χ2n) is 5.26. The Balaban J connectivity index is 2.16. The third kappa shape index (κ3) is 2.76. The first-order chi connectivity index (χ1) is 9.56. The average molecular weight is 314 g/mol. The summed E-state index contributed by atoms with van der Waals surface area (Å²) >= 11 is 2.97. The quantitative estimate of drug-likeness (QED) is 0.617.